The van der Waals surface area contributed by atoms with Gasteiger partial charge in [0.2, 0.25) is 0 Å². The van der Waals surface area contributed by atoms with Gasteiger partial charge in [0.05, 0.1) is 0 Å². The smallest absolute Gasteiger partial charge is 0.317 e. The zero-order valence-electron chi connectivity index (χ0n) is 13.5. The summed E-state index contributed by atoms with van der Waals surface area (Å²) in [7, 11) is 0. The largest absolute Gasteiger partial charge is 0.396 e. The number of urea groups is 1. The molecule has 20 heavy (non-hydrogen) atoms. The highest BCUT2D eigenvalue weighted by Crippen LogP contribution is 2.23. The molecule has 1 aliphatic carbocycles. The Kier molecular flexibility index (Phi) is 7.35. The molecule has 0 aromatic carbocycles. The molecule has 0 unspecified atom stereocenters. The van der Waals surface area contributed by atoms with Crippen molar-refractivity contribution in [1.82, 2.24) is 10.2 Å². The van der Waals surface area contributed by atoms with Crippen LogP contribution in [-0.2, 0) is 0 Å². The molecule has 0 aromatic rings. The maximum absolute atomic E-state index is 12.2. The van der Waals surface area contributed by atoms with E-state index in [4.69, 9.17) is 0 Å². The third-order valence-corrected chi connectivity index (χ3v) is 4.35. The van der Waals surface area contributed by atoms with Crippen LogP contribution in [0.5, 0.6) is 0 Å². The molecule has 0 spiro atoms. The number of hydrogen-bond acceptors (Lipinski definition) is 2. The molecule has 1 fully saturated rings. The first-order chi connectivity index (χ1) is 9.50. The van der Waals surface area contributed by atoms with Gasteiger partial charge < -0.3 is 15.3 Å². The fourth-order valence-corrected chi connectivity index (χ4v) is 2.90. The average molecular weight is 284 g/mol. The van der Waals surface area contributed by atoms with E-state index in [-0.39, 0.29) is 18.1 Å². The lowest BCUT2D eigenvalue weighted by Gasteiger charge is -2.33. The predicted octanol–water partition coefficient (Wildman–Crippen LogP) is 3.15. The van der Waals surface area contributed by atoms with Gasteiger partial charge in [-0.15, -0.1) is 0 Å². The van der Waals surface area contributed by atoms with Crippen molar-refractivity contribution in [3.63, 3.8) is 0 Å². The highest BCUT2D eigenvalue weighted by Gasteiger charge is 2.23. The van der Waals surface area contributed by atoms with Crippen molar-refractivity contribution in [3.8, 4) is 0 Å². The van der Waals surface area contributed by atoms with E-state index >= 15 is 0 Å². The van der Waals surface area contributed by atoms with Gasteiger partial charge in [-0.2, -0.15) is 0 Å². The summed E-state index contributed by atoms with van der Waals surface area (Å²) in [5.41, 5.74) is -0.0431. The van der Waals surface area contributed by atoms with E-state index in [1.807, 2.05) is 4.90 Å². The molecule has 0 bridgehead atoms. The Labute approximate surface area is 123 Å². The SMILES string of the molecule is CCN(C(=O)NCCCC(C)(C)CO)C1CCCCC1. The summed E-state index contributed by atoms with van der Waals surface area (Å²) in [6.45, 7) is 7.85. The number of amides is 2. The van der Waals surface area contributed by atoms with E-state index in [9.17, 15) is 9.90 Å². The summed E-state index contributed by atoms with van der Waals surface area (Å²) < 4.78 is 0. The van der Waals surface area contributed by atoms with Crippen LogP contribution in [0.3, 0.4) is 0 Å². The molecule has 0 radical (unpaired) electrons. The Bertz CT molecular complexity index is 286. The zero-order valence-corrected chi connectivity index (χ0v) is 13.5. The van der Waals surface area contributed by atoms with Crippen molar-refractivity contribution >= 4 is 6.03 Å². The first-order valence-corrected chi connectivity index (χ1v) is 8.15. The van der Waals surface area contributed by atoms with Crippen LogP contribution in [-0.4, -0.2) is 41.8 Å². The fraction of sp³-hybridized carbons (Fsp3) is 0.938. The second-order valence-electron chi connectivity index (χ2n) is 6.74. The van der Waals surface area contributed by atoms with Crippen molar-refractivity contribution in [2.24, 2.45) is 5.41 Å². The Balaban J connectivity index is 2.29. The zero-order chi connectivity index (χ0) is 15.0. The number of rotatable bonds is 7. The van der Waals surface area contributed by atoms with Gasteiger partial charge in [-0.25, -0.2) is 4.79 Å². The Morgan fingerprint density at radius 1 is 1.30 bits per heavy atom. The normalized spacial score (nSPS) is 17.0. The molecular weight excluding hydrogens is 252 g/mol. The fourth-order valence-electron chi connectivity index (χ4n) is 2.90. The number of aliphatic hydroxyl groups excluding tert-OH is 1. The van der Waals surface area contributed by atoms with E-state index < -0.39 is 0 Å². The van der Waals surface area contributed by atoms with Gasteiger partial charge in [0.15, 0.2) is 0 Å². The molecule has 4 heteroatoms. The molecule has 0 aromatic heterocycles. The van der Waals surface area contributed by atoms with E-state index in [0.717, 1.165) is 32.2 Å². The van der Waals surface area contributed by atoms with Crippen LogP contribution < -0.4 is 5.32 Å². The van der Waals surface area contributed by atoms with Crippen LogP contribution >= 0.6 is 0 Å². The molecule has 0 saturated heterocycles. The van der Waals surface area contributed by atoms with E-state index in [2.05, 4.69) is 26.1 Å². The summed E-state index contributed by atoms with van der Waals surface area (Å²) in [6, 6.07) is 0.517. The second kappa shape index (κ2) is 8.50. The van der Waals surface area contributed by atoms with E-state index in [0.29, 0.717) is 12.6 Å². The van der Waals surface area contributed by atoms with Gasteiger partial charge in [-0.3, -0.25) is 0 Å². The summed E-state index contributed by atoms with van der Waals surface area (Å²) >= 11 is 0. The van der Waals surface area contributed by atoms with E-state index in [1.165, 1.54) is 19.3 Å². The summed E-state index contributed by atoms with van der Waals surface area (Å²) in [4.78, 5) is 14.2. The van der Waals surface area contributed by atoms with E-state index in [1.54, 1.807) is 0 Å². The monoisotopic (exact) mass is 284 g/mol. The molecule has 0 heterocycles. The quantitative estimate of drug-likeness (QED) is 0.706. The first kappa shape index (κ1) is 17.3. The first-order valence-electron chi connectivity index (χ1n) is 8.15. The molecule has 0 atom stereocenters. The van der Waals surface area contributed by atoms with Crippen LogP contribution in [0.1, 0.15) is 65.7 Å². The molecule has 1 rings (SSSR count). The molecule has 4 nitrogen and oxygen atoms in total. The van der Waals surface area contributed by atoms with Crippen LogP contribution in [0.15, 0.2) is 0 Å². The maximum atomic E-state index is 12.2. The average Bonchev–Trinajstić information content (AvgIpc) is 2.45. The van der Waals surface area contributed by atoms with Crippen molar-refractivity contribution in [2.75, 3.05) is 19.7 Å². The minimum absolute atomic E-state index is 0.0431. The number of hydrogen-bond donors (Lipinski definition) is 2. The van der Waals surface area contributed by atoms with Gasteiger partial charge in [0.1, 0.15) is 0 Å². The van der Waals surface area contributed by atoms with Crippen molar-refractivity contribution < 1.29 is 9.90 Å². The Hall–Kier alpha value is -0.770. The molecule has 2 N–H and O–H groups in total. The number of nitrogens with zero attached hydrogens (tertiary/aromatic N) is 1. The molecule has 1 saturated carbocycles. The predicted molar refractivity (Wildman–Crippen MR) is 82.8 cm³/mol. The molecule has 2 amide bonds. The standard InChI is InChI=1S/C16H32N2O2/c1-4-18(14-9-6-5-7-10-14)15(20)17-12-8-11-16(2,3)13-19/h14,19H,4-13H2,1-3H3,(H,17,20). The summed E-state index contributed by atoms with van der Waals surface area (Å²) in [5.74, 6) is 0. The van der Waals surface area contributed by atoms with Gasteiger partial charge >= 0.3 is 6.03 Å². The molecule has 0 aliphatic heterocycles. The van der Waals surface area contributed by atoms with Crippen molar-refractivity contribution in [2.45, 2.75) is 71.8 Å². The van der Waals surface area contributed by atoms with Gasteiger partial charge in [0.25, 0.3) is 0 Å². The molecule has 118 valence electrons. The minimum atomic E-state index is -0.0431. The van der Waals surface area contributed by atoms with Gasteiger partial charge in [-0.1, -0.05) is 33.1 Å². The third-order valence-electron chi connectivity index (χ3n) is 4.35. The Morgan fingerprint density at radius 3 is 2.50 bits per heavy atom. The lowest BCUT2D eigenvalue weighted by atomic mass is 9.89. The minimum Gasteiger partial charge on any atom is -0.396 e. The number of aliphatic hydroxyl groups is 1. The maximum Gasteiger partial charge on any atom is 0.317 e. The lowest BCUT2D eigenvalue weighted by Crippen LogP contribution is -2.47. The summed E-state index contributed by atoms with van der Waals surface area (Å²) in [5, 5.41) is 12.2. The Morgan fingerprint density at radius 2 is 1.95 bits per heavy atom. The molecular formula is C16H32N2O2. The molecule has 1 aliphatic rings. The second-order valence-corrected chi connectivity index (χ2v) is 6.74. The highest BCUT2D eigenvalue weighted by molar-refractivity contribution is 5.74. The summed E-state index contributed by atoms with van der Waals surface area (Å²) in [6.07, 6.45) is 7.96. The number of carbonyl (C=O) groups is 1. The lowest BCUT2D eigenvalue weighted by molar-refractivity contribution is 0.145. The van der Waals surface area contributed by atoms with Crippen molar-refractivity contribution in [3.05, 3.63) is 0 Å². The topological polar surface area (TPSA) is 52.6 Å². The number of nitrogens with one attached hydrogen (secondary N) is 1. The van der Waals surface area contributed by atoms with Crippen molar-refractivity contribution in [1.29, 1.82) is 0 Å². The van der Waals surface area contributed by atoms with Crippen LogP contribution in [0, 0.1) is 5.41 Å². The number of carbonyl (C=O) groups excluding carboxylic acids is 1. The highest BCUT2D eigenvalue weighted by atomic mass is 16.3. The van der Waals surface area contributed by atoms with Gasteiger partial charge in [-0.05, 0) is 38.0 Å². The van der Waals surface area contributed by atoms with Crippen LogP contribution in [0.25, 0.3) is 0 Å². The third kappa shape index (κ3) is 5.70. The van der Waals surface area contributed by atoms with Crippen LogP contribution in [0.2, 0.25) is 0 Å². The van der Waals surface area contributed by atoms with Gasteiger partial charge in [0, 0.05) is 25.7 Å². The van der Waals surface area contributed by atoms with Crippen LogP contribution in [0.4, 0.5) is 4.79 Å².